The summed E-state index contributed by atoms with van der Waals surface area (Å²) in [4.78, 5) is 16.8. The standard InChI is InChI=1S/C26H29N3O/c1-20-10-6-9-15-25(20)29-18-16-28(17-19-29)21(2)26(30)27-24-14-8-7-13-23(24)22-11-4-3-5-12-22/h3-15,21H,16-19H2,1-2H3,(H,27,30)/p+1/t21-/m1/s1. The maximum absolute atomic E-state index is 13.1. The van der Waals surface area contributed by atoms with Crippen molar-refractivity contribution in [2.45, 2.75) is 19.9 Å². The van der Waals surface area contributed by atoms with Gasteiger partial charge in [-0.1, -0.05) is 66.7 Å². The van der Waals surface area contributed by atoms with E-state index in [4.69, 9.17) is 0 Å². The highest BCUT2D eigenvalue weighted by molar-refractivity contribution is 5.97. The SMILES string of the molecule is Cc1ccccc1N1CC[NH+]([C@H](C)C(=O)Nc2ccccc2-c2ccccc2)CC1. The van der Waals surface area contributed by atoms with Gasteiger partial charge in [0.2, 0.25) is 0 Å². The quantitative estimate of drug-likeness (QED) is 0.689. The molecule has 30 heavy (non-hydrogen) atoms. The third-order valence-corrected chi connectivity index (χ3v) is 6.14. The number of hydrogen-bond donors (Lipinski definition) is 2. The van der Waals surface area contributed by atoms with Gasteiger partial charge in [-0.2, -0.15) is 0 Å². The molecule has 154 valence electrons. The zero-order valence-electron chi connectivity index (χ0n) is 17.8. The first kappa shape index (κ1) is 20.2. The van der Waals surface area contributed by atoms with E-state index in [1.54, 1.807) is 0 Å². The molecule has 0 spiro atoms. The molecular formula is C26H30N3O+. The summed E-state index contributed by atoms with van der Waals surface area (Å²) in [7, 11) is 0. The smallest absolute Gasteiger partial charge is 0.282 e. The molecule has 3 aromatic rings. The Balaban J connectivity index is 1.40. The number of nitrogens with one attached hydrogen (secondary N) is 2. The highest BCUT2D eigenvalue weighted by atomic mass is 16.2. The second-order valence-electron chi connectivity index (χ2n) is 8.05. The summed E-state index contributed by atoms with van der Waals surface area (Å²) in [5.41, 5.74) is 5.66. The van der Waals surface area contributed by atoms with Crippen LogP contribution in [-0.4, -0.2) is 38.1 Å². The number of anilines is 2. The summed E-state index contributed by atoms with van der Waals surface area (Å²) in [5.74, 6) is 0.0812. The van der Waals surface area contributed by atoms with Crippen molar-refractivity contribution < 1.29 is 9.69 Å². The summed E-state index contributed by atoms with van der Waals surface area (Å²) in [6.45, 7) is 8.07. The number of amides is 1. The number of piperazine rings is 1. The fourth-order valence-corrected chi connectivity index (χ4v) is 4.27. The Morgan fingerprint density at radius 2 is 1.53 bits per heavy atom. The van der Waals surface area contributed by atoms with E-state index < -0.39 is 0 Å². The van der Waals surface area contributed by atoms with Gasteiger partial charge < -0.3 is 15.1 Å². The van der Waals surface area contributed by atoms with Crippen molar-refractivity contribution >= 4 is 17.3 Å². The largest absolute Gasteiger partial charge is 0.360 e. The lowest BCUT2D eigenvalue weighted by Crippen LogP contribution is -3.19. The van der Waals surface area contributed by atoms with Crippen molar-refractivity contribution in [3.63, 3.8) is 0 Å². The van der Waals surface area contributed by atoms with Crippen LogP contribution in [0.2, 0.25) is 0 Å². The van der Waals surface area contributed by atoms with Crippen LogP contribution in [-0.2, 0) is 4.79 Å². The fourth-order valence-electron chi connectivity index (χ4n) is 4.27. The van der Waals surface area contributed by atoms with Gasteiger partial charge in [-0.25, -0.2) is 0 Å². The van der Waals surface area contributed by atoms with Crippen LogP contribution in [0.25, 0.3) is 11.1 Å². The summed E-state index contributed by atoms with van der Waals surface area (Å²) < 4.78 is 0. The molecule has 0 bridgehead atoms. The summed E-state index contributed by atoms with van der Waals surface area (Å²) >= 11 is 0. The predicted molar refractivity (Wildman–Crippen MR) is 124 cm³/mol. The van der Waals surface area contributed by atoms with Gasteiger partial charge in [0.25, 0.3) is 5.91 Å². The zero-order chi connectivity index (χ0) is 20.9. The Hall–Kier alpha value is -3.11. The van der Waals surface area contributed by atoms with E-state index in [1.165, 1.54) is 16.2 Å². The molecule has 1 aliphatic heterocycles. The van der Waals surface area contributed by atoms with Crippen LogP contribution < -0.4 is 15.1 Å². The number of carbonyl (C=O) groups excluding carboxylic acids is 1. The minimum Gasteiger partial charge on any atom is -0.360 e. The second kappa shape index (κ2) is 9.14. The van der Waals surface area contributed by atoms with Crippen LogP contribution in [0.5, 0.6) is 0 Å². The number of benzene rings is 3. The molecule has 4 heteroatoms. The first-order valence-corrected chi connectivity index (χ1v) is 10.7. The third-order valence-electron chi connectivity index (χ3n) is 6.14. The van der Waals surface area contributed by atoms with Crippen LogP contribution >= 0.6 is 0 Å². The van der Waals surface area contributed by atoms with Crippen molar-refractivity contribution in [3.05, 3.63) is 84.4 Å². The molecule has 3 aromatic carbocycles. The van der Waals surface area contributed by atoms with Crippen molar-refractivity contribution in [1.29, 1.82) is 0 Å². The minimum atomic E-state index is -0.0900. The van der Waals surface area contributed by atoms with Crippen LogP contribution in [0, 0.1) is 6.92 Å². The first-order valence-electron chi connectivity index (χ1n) is 10.7. The number of rotatable bonds is 5. The van der Waals surface area contributed by atoms with Gasteiger partial charge in [0, 0.05) is 16.9 Å². The van der Waals surface area contributed by atoms with Gasteiger partial charge in [0.15, 0.2) is 6.04 Å². The first-order chi connectivity index (χ1) is 14.6. The van der Waals surface area contributed by atoms with Crippen molar-refractivity contribution in [3.8, 4) is 11.1 Å². The van der Waals surface area contributed by atoms with Gasteiger partial charge in [0.1, 0.15) is 0 Å². The van der Waals surface area contributed by atoms with Crippen LogP contribution in [0.1, 0.15) is 12.5 Å². The van der Waals surface area contributed by atoms with Gasteiger partial charge >= 0.3 is 0 Å². The number of aryl methyl sites for hydroxylation is 1. The molecule has 1 atom stereocenters. The molecule has 1 saturated heterocycles. The predicted octanol–water partition coefficient (Wildman–Crippen LogP) is 3.39. The Morgan fingerprint density at radius 3 is 2.27 bits per heavy atom. The van der Waals surface area contributed by atoms with Crippen LogP contribution in [0.4, 0.5) is 11.4 Å². The minimum absolute atomic E-state index is 0.0812. The number of hydrogen-bond acceptors (Lipinski definition) is 2. The Morgan fingerprint density at radius 1 is 0.900 bits per heavy atom. The second-order valence-corrected chi connectivity index (χ2v) is 8.05. The van der Waals surface area contributed by atoms with Crippen molar-refractivity contribution in [2.75, 3.05) is 36.4 Å². The molecule has 2 N–H and O–H groups in total. The topological polar surface area (TPSA) is 36.8 Å². The lowest BCUT2D eigenvalue weighted by Gasteiger charge is -2.36. The molecule has 0 unspecified atom stereocenters. The Bertz CT molecular complexity index is 994. The van der Waals surface area contributed by atoms with Gasteiger partial charge in [-0.15, -0.1) is 0 Å². The molecule has 0 aromatic heterocycles. The normalized spacial score (nSPS) is 15.6. The summed E-state index contributed by atoms with van der Waals surface area (Å²) in [6, 6.07) is 26.7. The average Bonchev–Trinajstić information content (AvgIpc) is 2.80. The molecule has 1 amide bonds. The Kier molecular flexibility index (Phi) is 6.15. The third kappa shape index (κ3) is 4.39. The van der Waals surface area contributed by atoms with Crippen LogP contribution in [0.3, 0.4) is 0 Å². The van der Waals surface area contributed by atoms with E-state index >= 15 is 0 Å². The average molecular weight is 401 g/mol. The van der Waals surface area contributed by atoms with Gasteiger partial charge in [-0.05, 0) is 37.1 Å². The maximum atomic E-state index is 13.1. The molecule has 4 nitrogen and oxygen atoms in total. The molecule has 0 aliphatic carbocycles. The zero-order valence-corrected chi connectivity index (χ0v) is 17.8. The van der Waals surface area contributed by atoms with E-state index in [2.05, 4.69) is 59.6 Å². The highest BCUT2D eigenvalue weighted by Gasteiger charge is 2.30. The number of quaternary nitrogens is 1. The molecule has 1 aliphatic rings. The fraction of sp³-hybridized carbons (Fsp3) is 0.269. The van der Waals surface area contributed by atoms with E-state index in [-0.39, 0.29) is 11.9 Å². The molecule has 4 rings (SSSR count). The van der Waals surface area contributed by atoms with Gasteiger partial charge in [0.05, 0.1) is 26.2 Å². The van der Waals surface area contributed by atoms with E-state index in [0.717, 1.165) is 43.0 Å². The van der Waals surface area contributed by atoms with Crippen molar-refractivity contribution in [1.82, 2.24) is 0 Å². The van der Waals surface area contributed by atoms with Crippen LogP contribution in [0.15, 0.2) is 78.9 Å². The molecule has 1 heterocycles. The highest BCUT2D eigenvalue weighted by Crippen LogP contribution is 2.27. The monoisotopic (exact) mass is 400 g/mol. The van der Waals surface area contributed by atoms with E-state index in [9.17, 15) is 4.79 Å². The maximum Gasteiger partial charge on any atom is 0.282 e. The molecule has 0 saturated carbocycles. The van der Waals surface area contributed by atoms with E-state index in [0.29, 0.717) is 0 Å². The molecular weight excluding hydrogens is 370 g/mol. The number of para-hydroxylation sites is 2. The van der Waals surface area contributed by atoms with E-state index in [1.807, 2.05) is 43.3 Å². The lowest BCUT2D eigenvalue weighted by molar-refractivity contribution is -0.914. The summed E-state index contributed by atoms with van der Waals surface area (Å²) in [5, 5.41) is 3.18. The van der Waals surface area contributed by atoms with Crippen molar-refractivity contribution in [2.24, 2.45) is 0 Å². The summed E-state index contributed by atoms with van der Waals surface area (Å²) in [6.07, 6.45) is 0. The lowest BCUT2D eigenvalue weighted by atomic mass is 10.0. The molecule has 0 radical (unpaired) electrons. The van der Waals surface area contributed by atoms with Gasteiger partial charge in [-0.3, -0.25) is 4.79 Å². The number of carbonyl (C=O) groups is 1. The molecule has 1 fully saturated rings. The number of nitrogens with zero attached hydrogens (tertiary/aromatic N) is 1. The Labute approximate surface area is 179 Å².